The van der Waals surface area contributed by atoms with Gasteiger partial charge in [-0.1, -0.05) is 78.0 Å². The van der Waals surface area contributed by atoms with E-state index in [0.717, 1.165) is 11.3 Å². The lowest BCUT2D eigenvalue weighted by Gasteiger charge is -2.32. The van der Waals surface area contributed by atoms with Gasteiger partial charge in [0.15, 0.2) is 0 Å². The fourth-order valence-electron chi connectivity index (χ4n) is 3.61. The van der Waals surface area contributed by atoms with E-state index in [0.29, 0.717) is 0 Å². The molecule has 0 bridgehead atoms. The molecule has 1 saturated heterocycles. The lowest BCUT2D eigenvalue weighted by atomic mass is 9.88. The summed E-state index contributed by atoms with van der Waals surface area (Å²) in [6.45, 7) is 13.1. The molecule has 0 atom stereocenters. The van der Waals surface area contributed by atoms with Crippen LogP contribution in [0.15, 0.2) is 60.6 Å². The highest BCUT2D eigenvalue weighted by Gasteiger charge is 2.51. The Bertz CT molecular complexity index is 843. The zero-order chi connectivity index (χ0) is 20.6. The minimum absolute atomic E-state index is 0.363. The molecule has 0 aliphatic carbocycles. The number of rotatable bonds is 5. The molecule has 2 aromatic rings. The maximum Gasteiger partial charge on any atom is 0.487 e. The molecule has 0 spiro atoms. The van der Waals surface area contributed by atoms with Crippen LogP contribution in [0, 0.1) is 0 Å². The van der Waals surface area contributed by atoms with E-state index < -0.39 is 8.07 Å². The van der Waals surface area contributed by atoms with Crippen LogP contribution in [0.4, 0.5) is 0 Å². The van der Waals surface area contributed by atoms with Crippen molar-refractivity contribution in [3.63, 3.8) is 0 Å². The third kappa shape index (κ3) is 3.84. The van der Waals surface area contributed by atoms with E-state index in [9.17, 15) is 0 Å². The molecule has 148 valence electrons. The Morgan fingerprint density at radius 1 is 0.893 bits per heavy atom. The van der Waals surface area contributed by atoms with Crippen LogP contribution >= 0.6 is 0 Å². The van der Waals surface area contributed by atoms with Gasteiger partial charge in [0.2, 0.25) is 0 Å². The van der Waals surface area contributed by atoms with Crippen molar-refractivity contribution in [2.24, 2.45) is 0 Å². The minimum atomic E-state index is -2.04. The Kier molecular flexibility index (Phi) is 5.63. The van der Waals surface area contributed by atoms with Crippen molar-refractivity contribution in [2.45, 2.75) is 52.0 Å². The first-order valence-corrected chi connectivity index (χ1v) is 12.9. The van der Waals surface area contributed by atoms with E-state index in [1.165, 1.54) is 10.4 Å². The SMILES string of the molecule is COc1ccccc1/C(=C/B1OC(C)(C)C(C)(C)O1)[Si](C)(C)c1ccccc1. The van der Waals surface area contributed by atoms with Crippen molar-refractivity contribution < 1.29 is 14.0 Å². The van der Waals surface area contributed by atoms with E-state index in [1.807, 2.05) is 12.1 Å². The number of hydrogen-bond donors (Lipinski definition) is 0. The van der Waals surface area contributed by atoms with Crippen LogP contribution in [-0.2, 0) is 9.31 Å². The molecule has 0 amide bonds. The first-order valence-electron chi connectivity index (χ1n) is 9.85. The van der Waals surface area contributed by atoms with Crippen LogP contribution in [0.1, 0.15) is 33.3 Å². The maximum absolute atomic E-state index is 6.30. The van der Waals surface area contributed by atoms with Crippen molar-refractivity contribution in [1.29, 1.82) is 0 Å². The maximum atomic E-state index is 6.30. The fourth-order valence-corrected chi connectivity index (χ4v) is 6.37. The smallest absolute Gasteiger partial charge is 0.487 e. The van der Waals surface area contributed by atoms with Gasteiger partial charge in [-0.3, -0.25) is 0 Å². The molecule has 3 nitrogen and oxygen atoms in total. The Hall–Kier alpha value is -1.82. The molecule has 1 heterocycles. The van der Waals surface area contributed by atoms with Crippen LogP contribution in [0.25, 0.3) is 5.20 Å². The van der Waals surface area contributed by atoms with Gasteiger partial charge in [0.25, 0.3) is 0 Å². The second-order valence-corrected chi connectivity index (χ2v) is 13.3. The fraction of sp³-hybridized carbons (Fsp3) is 0.391. The van der Waals surface area contributed by atoms with Crippen LogP contribution < -0.4 is 9.92 Å². The molecule has 0 radical (unpaired) electrons. The van der Waals surface area contributed by atoms with Gasteiger partial charge < -0.3 is 14.0 Å². The summed E-state index contributed by atoms with van der Waals surface area (Å²) in [4.78, 5) is 0. The highest BCUT2D eigenvalue weighted by Crippen LogP contribution is 2.39. The summed E-state index contributed by atoms with van der Waals surface area (Å²) in [5.41, 5.74) is 0.386. The topological polar surface area (TPSA) is 27.7 Å². The third-order valence-electron chi connectivity index (χ3n) is 6.14. The zero-order valence-corrected chi connectivity index (χ0v) is 19.1. The monoisotopic (exact) mass is 394 g/mol. The average Bonchev–Trinajstić information content (AvgIpc) is 2.87. The van der Waals surface area contributed by atoms with Gasteiger partial charge in [0.05, 0.1) is 18.3 Å². The van der Waals surface area contributed by atoms with E-state index in [4.69, 9.17) is 14.0 Å². The quantitative estimate of drug-likeness (QED) is 0.678. The van der Waals surface area contributed by atoms with Crippen LogP contribution in [0.3, 0.4) is 0 Å². The summed E-state index contributed by atoms with van der Waals surface area (Å²) >= 11 is 0. The Balaban J connectivity index is 2.13. The summed E-state index contributed by atoms with van der Waals surface area (Å²) in [5.74, 6) is 3.05. The molecule has 0 N–H and O–H groups in total. The predicted molar refractivity (Wildman–Crippen MR) is 121 cm³/mol. The minimum Gasteiger partial charge on any atom is -0.496 e. The van der Waals surface area contributed by atoms with Gasteiger partial charge in [-0.25, -0.2) is 0 Å². The highest BCUT2D eigenvalue weighted by molar-refractivity contribution is 7.05. The second kappa shape index (κ2) is 7.54. The summed E-state index contributed by atoms with van der Waals surface area (Å²) in [6.07, 6.45) is 0. The third-order valence-corrected chi connectivity index (χ3v) is 9.70. The lowest BCUT2D eigenvalue weighted by Crippen LogP contribution is -2.43. The van der Waals surface area contributed by atoms with Crippen molar-refractivity contribution in [3.05, 3.63) is 66.1 Å². The molecular formula is C23H31BO3Si. The Labute approximate surface area is 170 Å². The standard InChI is InChI=1S/C23H31BO3Si/c1-22(2)23(3,4)27-24(26-22)17-21(19-15-11-12-16-20(19)25-5)28(6,7)18-13-9-8-10-14-18/h8-17H,1-7H3/b21-17-. The normalized spacial score (nSPS) is 19.0. The molecule has 1 aliphatic heterocycles. The molecule has 2 aromatic carbocycles. The Morgan fingerprint density at radius 2 is 1.43 bits per heavy atom. The van der Waals surface area contributed by atoms with Crippen LogP contribution in [0.2, 0.25) is 13.1 Å². The molecule has 0 aromatic heterocycles. The molecule has 1 aliphatic rings. The Morgan fingerprint density at radius 3 is 2.00 bits per heavy atom. The molecule has 0 unspecified atom stereocenters. The van der Waals surface area contributed by atoms with Crippen LogP contribution in [-0.4, -0.2) is 33.5 Å². The van der Waals surface area contributed by atoms with Gasteiger partial charge in [-0.15, -0.1) is 0 Å². The van der Waals surface area contributed by atoms with E-state index in [1.54, 1.807) is 7.11 Å². The zero-order valence-electron chi connectivity index (χ0n) is 18.1. The predicted octanol–water partition coefficient (Wildman–Crippen LogP) is 4.86. The highest BCUT2D eigenvalue weighted by atomic mass is 28.3. The summed E-state index contributed by atoms with van der Waals surface area (Å²) in [5, 5.41) is 2.62. The number of hydrogen-bond acceptors (Lipinski definition) is 3. The number of benzene rings is 2. The van der Waals surface area contributed by atoms with E-state index in [-0.39, 0.29) is 18.3 Å². The molecular weight excluding hydrogens is 363 g/mol. The summed E-state index contributed by atoms with van der Waals surface area (Å²) in [6, 6.07) is 18.9. The molecule has 3 rings (SSSR count). The van der Waals surface area contributed by atoms with E-state index in [2.05, 4.69) is 89.2 Å². The molecule has 28 heavy (non-hydrogen) atoms. The second-order valence-electron chi connectivity index (χ2n) is 8.90. The summed E-state index contributed by atoms with van der Waals surface area (Å²) < 4.78 is 18.3. The average molecular weight is 394 g/mol. The summed E-state index contributed by atoms with van der Waals surface area (Å²) in [7, 11) is -0.700. The van der Waals surface area contributed by atoms with Gasteiger partial charge in [0.1, 0.15) is 13.8 Å². The van der Waals surface area contributed by atoms with E-state index >= 15 is 0 Å². The number of methoxy groups -OCH3 is 1. The molecule has 0 saturated carbocycles. The first-order chi connectivity index (χ1) is 13.1. The van der Waals surface area contributed by atoms with Gasteiger partial charge in [-0.2, -0.15) is 0 Å². The molecule has 1 fully saturated rings. The van der Waals surface area contributed by atoms with Gasteiger partial charge in [-0.05, 0) is 33.8 Å². The number of para-hydroxylation sites is 1. The van der Waals surface area contributed by atoms with Crippen molar-refractivity contribution in [1.82, 2.24) is 0 Å². The first kappa shape index (κ1) is 20.9. The lowest BCUT2D eigenvalue weighted by molar-refractivity contribution is 0.00578. The molecule has 5 heteroatoms. The van der Waals surface area contributed by atoms with Crippen molar-refractivity contribution in [2.75, 3.05) is 7.11 Å². The largest absolute Gasteiger partial charge is 0.496 e. The van der Waals surface area contributed by atoms with Crippen LogP contribution in [0.5, 0.6) is 5.75 Å². The van der Waals surface area contributed by atoms with Gasteiger partial charge in [0, 0.05) is 5.56 Å². The van der Waals surface area contributed by atoms with Crippen molar-refractivity contribution >= 4 is 25.6 Å². The number of ether oxygens (including phenoxy) is 1. The van der Waals surface area contributed by atoms with Gasteiger partial charge >= 0.3 is 7.12 Å². The van der Waals surface area contributed by atoms with Crippen molar-refractivity contribution in [3.8, 4) is 5.75 Å².